The van der Waals surface area contributed by atoms with Crippen molar-refractivity contribution >= 4 is 11.9 Å². The van der Waals surface area contributed by atoms with Gasteiger partial charge in [-0.15, -0.1) is 0 Å². The fourth-order valence-corrected chi connectivity index (χ4v) is 4.21. The third-order valence-electron chi connectivity index (χ3n) is 6.46. The summed E-state index contributed by atoms with van der Waals surface area (Å²) in [4.78, 5) is 23.4. The lowest BCUT2D eigenvalue weighted by atomic mass is 10.1. The molecular formula is C30H58O5. The molecule has 0 unspecified atom stereocenters. The molecule has 0 saturated carbocycles. The van der Waals surface area contributed by atoms with Crippen molar-refractivity contribution in [3.05, 3.63) is 0 Å². The molecule has 5 nitrogen and oxygen atoms in total. The van der Waals surface area contributed by atoms with E-state index in [1.54, 1.807) is 0 Å². The van der Waals surface area contributed by atoms with Gasteiger partial charge in [0.25, 0.3) is 0 Å². The first-order valence-corrected chi connectivity index (χ1v) is 15.1. The summed E-state index contributed by atoms with van der Waals surface area (Å²) in [6.07, 6.45) is 27.8. The molecule has 208 valence electrons. The van der Waals surface area contributed by atoms with E-state index in [0.29, 0.717) is 13.2 Å². The van der Waals surface area contributed by atoms with Crippen LogP contribution in [0.3, 0.4) is 0 Å². The minimum absolute atomic E-state index is 0.189. The van der Waals surface area contributed by atoms with Gasteiger partial charge in [0.2, 0.25) is 0 Å². The molecule has 0 aromatic carbocycles. The second kappa shape index (κ2) is 29.1. The monoisotopic (exact) mass is 498 g/mol. The molecule has 0 aromatic heterocycles. The lowest BCUT2D eigenvalue weighted by Crippen LogP contribution is -2.19. The lowest BCUT2D eigenvalue weighted by molar-refractivity contribution is -0.155. The van der Waals surface area contributed by atoms with Gasteiger partial charge >= 0.3 is 11.9 Å². The molecule has 0 aliphatic rings. The van der Waals surface area contributed by atoms with Crippen LogP contribution in [0.25, 0.3) is 0 Å². The van der Waals surface area contributed by atoms with E-state index in [-0.39, 0.29) is 13.2 Å². The summed E-state index contributed by atoms with van der Waals surface area (Å²) >= 11 is 0. The highest BCUT2D eigenvalue weighted by Gasteiger charge is 2.07. The maximum atomic E-state index is 11.7. The Hall–Kier alpha value is -1.10. The predicted octanol–water partition coefficient (Wildman–Crippen LogP) is 8.71. The van der Waals surface area contributed by atoms with Gasteiger partial charge in [-0.3, -0.25) is 0 Å². The molecule has 0 radical (unpaired) electrons. The van der Waals surface area contributed by atoms with E-state index in [9.17, 15) is 9.59 Å². The highest BCUT2D eigenvalue weighted by Crippen LogP contribution is 2.12. The van der Waals surface area contributed by atoms with E-state index in [4.69, 9.17) is 14.2 Å². The summed E-state index contributed by atoms with van der Waals surface area (Å²) in [5.74, 6) is -0.814. The van der Waals surface area contributed by atoms with Crippen LogP contribution in [0.1, 0.15) is 155 Å². The Kier molecular flexibility index (Phi) is 28.2. The highest BCUT2D eigenvalue weighted by molar-refractivity contribution is 5.73. The zero-order valence-corrected chi connectivity index (χ0v) is 23.4. The van der Waals surface area contributed by atoms with Gasteiger partial charge in [-0.2, -0.15) is 0 Å². The van der Waals surface area contributed by atoms with Crippen LogP contribution >= 0.6 is 0 Å². The van der Waals surface area contributed by atoms with Crippen molar-refractivity contribution in [1.29, 1.82) is 0 Å². The second-order valence-electron chi connectivity index (χ2n) is 10.0. The van der Waals surface area contributed by atoms with Crippen LogP contribution in [-0.4, -0.2) is 38.4 Å². The smallest absolute Gasteiger partial charge is 0.332 e. The van der Waals surface area contributed by atoms with Gasteiger partial charge in [0, 0.05) is 0 Å². The average Bonchev–Trinajstić information content (AvgIpc) is 2.85. The Bertz CT molecular complexity index is 412. The van der Waals surface area contributed by atoms with E-state index in [0.717, 1.165) is 25.7 Å². The SMILES string of the molecule is CCCCCCCCCCCCCOC(=O)COCC(=O)OCCCCCCCCCCCCC. The minimum Gasteiger partial charge on any atom is -0.464 e. The van der Waals surface area contributed by atoms with E-state index in [1.165, 1.54) is 116 Å². The first kappa shape index (κ1) is 33.9. The number of hydrogen-bond acceptors (Lipinski definition) is 5. The van der Waals surface area contributed by atoms with Crippen LogP contribution in [0.2, 0.25) is 0 Å². The standard InChI is InChI=1S/C30H58O5/c1-3-5-7-9-11-13-15-17-19-21-23-25-34-29(31)27-33-28-30(32)35-26-24-22-20-18-16-14-12-10-8-6-4-2/h3-28H2,1-2H3. The van der Waals surface area contributed by atoms with Crippen LogP contribution in [0, 0.1) is 0 Å². The number of esters is 2. The zero-order chi connectivity index (χ0) is 25.7. The van der Waals surface area contributed by atoms with Gasteiger partial charge in [0.15, 0.2) is 0 Å². The molecule has 5 heteroatoms. The van der Waals surface area contributed by atoms with Crippen molar-refractivity contribution in [2.45, 2.75) is 155 Å². The number of unbranched alkanes of at least 4 members (excludes halogenated alkanes) is 20. The fourth-order valence-electron chi connectivity index (χ4n) is 4.21. The summed E-state index contributed by atoms with van der Waals surface area (Å²) < 4.78 is 15.5. The third kappa shape index (κ3) is 29.0. The number of hydrogen-bond donors (Lipinski definition) is 0. The topological polar surface area (TPSA) is 61.8 Å². The van der Waals surface area contributed by atoms with Gasteiger partial charge in [-0.05, 0) is 12.8 Å². The fraction of sp³-hybridized carbons (Fsp3) is 0.933. The summed E-state index contributed by atoms with van der Waals surface area (Å²) in [5, 5.41) is 0. The third-order valence-corrected chi connectivity index (χ3v) is 6.46. The largest absolute Gasteiger partial charge is 0.464 e. The molecule has 0 heterocycles. The molecule has 0 amide bonds. The maximum Gasteiger partial charge on any atom is 0.332 e. The molecule has 0 fully saturated rings. The number of carbonyl (C=O) groups excluding carboxylic acids is 2. The first-order chi connectivity index (χ1) is 17.2. The zero-order valence-electron chi connectivity index (χ0n) is 23.4. The van der Waals surface area contributed by atoms with Gasteiger partial charge in [0.1, 0.15) is 13.2 Å². The molecule has 0 rings (SSSR count). The van der Waals surface area contributed by atoms with Crippen molar-refractivity contribution in [3.63, 3.8) is 0 Å². The van der Waals surface area contributed by atoms with Crippen molar-refractivity contribution in [3.8, 4) is 0 Å². The molecule has 0 aliphatic heterocycles. The number of carbonyl (C=O) groups is 2. The van der Waals surface area contributed by atoms with Crippen LogP contribution in [0.5, 0.6) is 0 Å². The van der Waals surface area contributed by atoms with Gasteiger partial charge in [0.05, 0.1) is 13.2 Å². The summed E-state index contributed by atoms with van der Waals surface area (Å²) in [5.41, 5.74) is 0. The molecule has 35 heavy (non-hydrogen) atoms. The Morgan fingerprint density at radius 2 is 0.657 bits per heavy atom. The van der Waals surface area contributed by atoms with Crippen LogP contribution in [0.15, 0.2) is 0 Å². The van der Waals surface area contributed by atoms with Crippen molar-refractivity contribution < 1.29 is 23.8 Å². The number of rotatable bonds is 28. The predicted molar refractivity (Wildman–Crippen MR) is 146 cm³/mol. The molecule has 0 bridgehead atoms. The van der Waals surface area contributed by atoms with Gasteiger partial charge < -0.3 is 14.2 Å². The average molecular weight is 499 g/mol. The highest BCUT2D eigenvalue weighted by atomic mass is 16.6. The molecule has 0 atom stereocenters. The van der Waals surface area contributed by atoms with E-state index in [1.807, 2.05) is 0 Å². The molecule has 0 aliphatic carbocycles. The van der Waals surface area contributed by atoms with Crippen LogP contribution in [0.4, 0.5) is 0 Å². The summed E-state index contributed by atoms with van der Waals surface area (Å²) in [6.45, 7) is 4.99. The van der Waals surface area contributed by atoms with Gasteiger partial charge in [-0.25, -0.2) is 9.59 Å². The minimum atomic E-state index is -0.407. The molecule has 0 spiro atoms. The molecule has 0 aromatic rings. The Labute approximate surface area is 217 Å². The molecule has 0 saturated heterocycles. The quantitative estimate of drug-likeness (QED) is 0.0797. The Morgan fingerprint density at radius 1 is 0.400 bits per heavy atom. The van der Waals surface area contributed by atoms with Crippen LogP contribution in [-0.2, 0) is 23.8 Å². The van der Waals surface area contributed by atoms with E-state index in [2.05, 4.69) is 13.8 Å². The molecular weight excluding hydrogens is 440 g/mol. The number of ether oxygens (including phenoxy) is 3. The van der Waals surface area contributed by atoms with E-state index < -0.39 is 11.9 Å². The molecule has 0 N–H and O–H groups in total. The van der Waals surface area contributed by atoms with Crippen LogP contribution < -0.4 is 0 Å². The maximum absolute atomic E-state index is 11.7. The summed E-state index contributed by atoms with van der Waals surface area (Å²) in [7, 11) is 0. The summed E-state index contributed by atoms with van der Waals surface area (Å²) in [6, 6.07) is 0. The normalized spacial score (nSPS) is 11.0. The van der Waals surface area contributed by atoms with Gasteiger partial charge in [-0.1, -0.05) is 142 Å². The van der Waals surface area contributed by atoms with Crippen molar-refractivity contribution in [2.24, 2.45) is 0 Å². The van der Waals surface area contributed by atoms with E-state index >= 15 is 0 Å². The lowest BCUT2D eigenvalue weighted by Gasteiger charge is -2.07. The Balaban J connectivity index is 3.28. The van der Waals surface area contributed by atoms with Crippen molar-refractivity contribution in [2.75, 3.05) is 26.4 Å². The second-order valence-corrected chi connectivity index (χ2v) is 10.0. The first-order valence-electron chi connectivity index (χ1n) is 15.1. The van der Waals surface area contributed by atoms with Crippen molar-refractivity contribution in [1.82, 2.24) is 0 Å². The Morgan fingerprint density at radius 3 is 0.943 bits per heavy atom.